The number of H-pyrrole nitrogens is 1. The maximum Gasteiger partial charge on any atom is 0.119 e. The van der Waals surface area contributed by atoms with Crippen molar-refractivity contribution >= 4 is 0 Å². The highest BCUT2D eigenvalue weighted by Crippen LogP contribution is 2.25. The van der Waals surface area contributed by atoms with E-state index in [0.717, 1.165) is 29.1 Å². The van der Waals surface area contributed by atoms with E-state index < -0.39 is 0 Å². The number of hydrogen-bond acceptors (Lipinski definition) is 4. The zero-order chi connectivity index (χ0) is 16.9. The topological polar surface area (TPSA) is 67.8 Å². The molecule has 3 aromatic rings. The summed E-state index contributed by atoms with van der Waals surface area (Å²) in [5.41, 5.74) is 3.21. The highest BCUT2D eigenvalue weighted by molar-refractivity contribution is 5.64. The fraction of sp³-hybridized carbons (Fsp3) is 0.333. The van der Waals surface area contributed by atoms with Gasteiger partial charge in [0.2, 0.25) is 0 Å². The third-order valence-corrected chi connectivity index (χ3v) is 4.36. The van der Waals surface area contributed by atoms with Crippen LogP contribution >= 0.6 is 0 Å². The number of benzene rings is 1. The molecule has 1 aromatic carbocycles. The van der Waals surface area contributed by atoms with Crippen LogP contribution in [0.4, 0.5) is 0 Å². The molecular weight excluding hydrogens is 302 g/mol. The van der Waals surface area contributed by atoms with Crippen molar-refractivity contribution in [3.8, 4) is 17.0 Å². The minimum absolute atomic E-state index is 0.271. The van der Waals surface area contributed by atoms with Gasteiger partial charge in [0.15, 0.2) is 0 Å². The summed E-state index contributed by atoms with van der Waals surface area (Å²) in [6.07, 6.45) is 5.66. The van der Waals surface area contributed by atoms with E-state index >= 15 is 0 Å². The van der Waals surface area contributed by atoms with Crippen LogP contribution in [0.5, 0.6) is 5.75 Å². The maximum absolute atomic E-state index is 5.30. The molecule has 24 heavy (non-hydrogen) atoms. The Morgan fingerprint density at radius 2 is 2.17 bits per heavy atom. The molecule has 0 aliphatic heterocycles. The van der Waals surface area contributed by atoms with Gasteiger partial charge >= 0.3 is 0 Å². The zero-order valence-electron chi connectivity index (χ0n) is 14.2. The average Bonchev–Trinajstić information content (AvgIpc) is 3.30. The van der Waals surface area contributed by atoms with E-state index in [-0.39, 0.29) is 12.1 Å². The molecule has 0 spiro atoms. The summed E-state index contributed by atoms with van der Waals surface area (Å²) >= 11 is 0. The van der Waals surface area contributed by atoms with Gasteiger partial charge in [0.05, 0.1) is 25.0 Å². The second kappa shape index (κ2) is 7.31. The molecule has 0 aliphatic carbocycles. The molecule has 0 saturated carbocycles. The van der Waals surface area contributed by atoms with Crippen molar-refractivity contribution in [1.82, 2.24) is 25.3 Å². The van der Waals surface area contributed by atoms with Crippen LogP contribution in [0, 0.1) is 0 Å². The lowest BCUT2D eigenvalue weighted by atomic mass is 10.1. The largest absolute Gasteiger partial charge is 0.497 e. The molecule has 0 bridgehead atoms. The summed E-state index contributed by atoms with van der Waals surface area (Å²) in [6.45, 7) is 5.05. The molecule has 2 atom stereocenters. The van der Waals surface area contributed by atoms with Crippen molar-refractivity contribution in [3.05, 3.63) is 54.5 Å². The molecular formula is C18H23N5O. The van der Waals surface area contributed by atoms with E-state index in [1.54, 1.807) is 13.3 Å². The number of rotatable bonds is 7. The summed E-state index contributed by atoms with van der Waals surface area (Å²) in [5.74, 6) is 0.835. The molecule has 0 radical (unpaired) electrons. The normalized spacial score (nSPS) is 13.6. The monoisotopic (exact) mass is 325 g/mol. The molecule has 126 valence electrons. The summed E-state index contributed by atoms with van der Waals surface area (Å²) < 4.78 is 7.27. The Morgan fingerprint density at radius 3 is 2.92 bits per heavy atom. The van der Waals surface area contributed by atoms with Crippen LogP contribution in [0.25, 0.3) is 11.3 Å². The highest BCUT2D eigenvalue weighted by atomic mass is 16.5. The molecule has 6 nitrogen and oxygen atoms in total. The van der Waals surface area contributed by atoms with Crippen LogP contribution in [0.2, 0.25) is 0 Å². The first-order chi connectivity index (χ1) is 11.7. The molecule has 2 heterocycles. The minimum Gasteiger partial charge on any atom is -0.497 e. The molecule has 0 amide bonds. The lowest BCUT2D eigenvalue weighted by Gasteiger charge is -2.21. The standard InChI is InChI=1S/C18H23N5O/c1-13(14(2)23-9-5-8-21-23)19-11-16-12-20-22-18(16)15-6-4-7-17(10-15)24-3/h4-10,12-14,19H,11H2,1-3H3,(H,20,22). The Kier molecular flexibility index (Phi) is 4.96. The highest BCUT2D eigenvalue weighted by Gasteiger charge is 2.15. The van der Waals surface area contributed by atoms with E-state index in [4.69, 9.17) is 4.74 Å². The van der Waals surface area contributed by atoms with Crippen molar-refractivity contribution in [2.75, 3.05) is 7.11 Å². The molecule has 2 unspecified atom stereocenters. The van der Waals surface area contributed by atoms with Crippen LogP contribution in [0.15, 0.2) is 48.9 Å². The maximum atomic E-state index is 5.30. The van der Waals surface area contributed by atoms with Gasteiger partial charge < -0.3 is 10.1 Å². The van der Waals surface area contributed by atoms with E-state index in [0.29, 0.717) is 0 Å². The third kappa shape index (κ3) is 3.49. The number of aromatic nitrogens is 4. The summed E-state index contributed by atoms with van der Waals surface area (Å²) in [5, 5.41) is 15.2. The molecule has 0 fully saturated rings. The predicted molar refractivity (Wildman–Crippen MR) is 93.8 cm³/mol. The Hall–Kier alpha value is -2.60. The van der Waals surface area contributed by atoms with Crippen molar-refractivity contribution in [1.29, 1.82) is 0 Å². The van der Waals surface area contributed by atoms with Crippen LogP contribution in [0.3, 0.4) is 0 Å². The lowest BCUT2D eigenvalue weighted by molar-refractivity contribution is 0.365. The number of aromatic amines is 1. The quantitative estimate of drug-likeness (QED) is 0.701. The molecule has 6 heteroatoms. The van der Waals surface area contributed by atoms with Crippen molar-refractivity contribution in [3.63, 3.8) is 0 Å². The summed E-state index contributed by atoms with van der Waals surface area (Å²) in [4.78, 5) is 0. The van der Waals surface area contributed by atoms with Crippen molar-refractivity contribution in [2.24, 2.45) is 0 Å². The van der Waals surface area contributed by atoms with E-state index in [9.17, 15) is 0 Å². The zero-order valence-corrected chi connectivity index (χ0v) is 14.2. The Balaban J connectivity index is 1.69. The number of ether oxygens (including phenoxy) is 1. The summed E-state index contributed by atoms with van der Waals surface area (Å²) in [7, 11) is 1.67. The number of nitrogens with zero attached hydrogens (tertiary/aromatic N) is 3. The molecule has 2 N–H and O–H groups in total. The first kappa shape index (κ1) is 16.3. The Bertz CT molecular complexity index is 765. The van der Waals surface area contributed by atoms with Gasteiger partial charge in [-0.25, -0.2) is 0 Å². The van der Waals surface area contributed by atoms with Crippen molar-refractivity contribution < 1.29 is 4.74 Å². The van der Waals surface area contributed by atoms with Gasteiger partial charge in [-0.3, -0.25) is 9.78 Å². The summed E-state index contributed by atoms with van der Waals surface area (Å²) in [6, 6.07) is 10.5. The molecule has 0 saturated heterocycles. The fourth-order valence-corrected chi connectivity index (χ4v) is 2.67. The van der Waals surface area contributed by atoms with Gasteiger partial charge in [0.25, 0.3) is 0 Å². The number of methoxy groups -OCH3 is 1. The second-order valence-corrected chi connectivity index (χ2v) is 5.90. The molecule has 3 rings (SSSR count). The van der Waals surface area contributed by atoms with Gasteiger partial charge in [0, 0.05) is 36.1 Å². The smallest absolute Gasteiger partial charge is 0.119 e. The van der Waals surface area contributed by atoms with Crippen LogP contribution < -0.4 is 10.1 Å². The van der Waals surface area contributed by atoms with E-state index in [1.165, 1.54) is 0 Å². The lowest BCUT2D eigenvalue weighted by Crippen LogP contribution is -2.33. The molecule has 0 aliphatic rings. The Morgan fingerprint density at radius 1 is 1.29 bits per heavy atom. The van der Waals surface area contributed by atoms with Crippen LogP contribution in [-0.4, -0.2) is 33.1 Å². The van der Waals surface area contributed by atoms with Gasteiger partial charge in [-0.05, 0) is 32.0 Å². The Labute approximate surface area is 141 Å². The second-order valence-electron chi connectivity index (χ2n) is 5.90. The first-order valence-electron chi connectivity index (χ1n) is 8.08. The SMILES string of the molecule is COc1cccc(-c2[nH]ncc2CNC(C)C(C)n2cccn2)c1. The number of nitrogens with one attached hydrogen (secondary N) is 2. The minimum atomic E-state index is 0.271. The van der Waals surface area contributed by atoms with Crippen LogP contribution in [0.1, 0.15) is 25.5 Å². The molecule has 2 aromatic heterocycles. The number of hydrogen-bond donors (Lipinski definition) is 2. The van der Waals surface area contributed by atoms with Gasteiger partial charge in [-0.1, -0.05) is 12.1 Å². The van der Waals surface area contributed by atoms with Gasteiger partial charge in [0.1, 0.15) is 5.75 Å². The van der Waals surface area contributed by atoms with E-state index in [2.05, 4.69) is 40.5 Å². The van der Waals surface area contributed by atoms with E-state index in [1.807, 2.05) is 41.3 Å². The van der Waals surface area contributed by atoms with Gasteiger partial charge in [-0.2, -0.15) is 10.2 Å². The predicted octanol–water partition coefficient (Wildman–Crippen LogP) is 3.02. The third-order valence-electron chi connectivity index (χ3n) is 4.36. The van der Waals surface area contributed by atoms with Crippen molar-refractivity contribution in [2.45, 2.75) is 32.5 Å². The van der Waals surface area contributed by atoms with Gasteiger partial charge in [-0.15, -0.1) is 0 Å². The first-order valence-corrected chi connectivity index (χ1v) is 8.08. The van der Waals surface area contributed by atoms with Crippen LogP contribution in [-0.2, 0) is 6.54 Å². The average molecular weight is 325 g/mol. The fourth-order valence-electron chi connectivity index (χ4n) is 2.67.